The smallest absolute Gasteiger partial charge is 0.137 e. The van der Waals surface area contributed by atoms with Gasteiger partial charge in [-0.15, -0.1) is 11.3 Å². The standard InChI is InChI=1S/C21H20N4O2S/c1-26-15-5-3-14(4-6-15)19-12-28-20(25-19)9-10-22-21-17-11-16(27-2)7-8-18(17)23-13-24-21/h3-8,11-13H,9-10H2,1-2H3,(H,22,23,24). The van der Waals surface area contributed by atoms with Crippen LogP contribution in [0.15, 0.2) is 54.2 Å². The summed E-state index contributed by atoms with van der Waals surface area (Å²) in [5.74, 6) is 2.43. The lowest BCUT2D eigenvalue weighted by molar-refractivity contribution is 0.415. The average Bonchev–Trinajstić information content (AvgIpc) is 3.22. The zero-order valence-electron chi connectivity index (χ0n) is 15.7. The molecule has 0 aliphatic rings. The van der Waals surface area contributed by atoms with E-state index < -0.39 is 0 Å². The molecule has 0 atom stereocenters. The number of nitrogens with one attached hydrogen (secondary N) is 1. The first kappa shape index (κ1) is 18.2. The highest BCUT2D eigenvalue weighted by molar-refractivity contribution is 7.09. The molecule has 0 aliphatic heterocycles. The van der Waals surface area contributed by atoms with Crippen LogP contribution in [-0.2, 0) is 6.42 Å². The molecule has 0 amide bonds. The Labute approximate surface area is 167 Å². The van der Waals surface area contributed by atoms with Gasteiger partial charge in [0.2, 0.25) is 0 Å². The fourth-order valence-corrected chi connectivity index (χ4v) is 3.72. The number of aromatic nitrogens is 3. The third kappa shape index (κ3) is 3.89. The fourth-order valence-electron chi connectivity index (χ4n) is 2.91. The second kappa shape index (κ2) is 8.22. The van der Waals surface area contributed by atoms with E-state index in [2.05, 4.69) is 20.7 Å². The summed E-state index contributed by atoms with van der Waals surface area (Å²) in [6.45, 7) is 0.735. The monoisotopic (exact) mass is 392 g/mol. The second-order valence-electron chi connectivity index (χ2n) is 6.14. The molecule has 0 fully saturated rings. The van der Waals surface area contributed by atoms with Crippen molar-refractivity contribution < 1.29 is 9.47 Å². The lowest BCUT2D eigenvalue weighted by Crippen LogP contribution is -2.07. The number of rotatable bonds is 7. The highest BCUT2D eigenvalue weighted by atomic mass is 32.1. The Hall–Kier alpha value is -3.19. The first-order valence-corrected chi connectivity index (χ1v) is 9.76. The number of ether oxygens (including phenoxy) is 2. The number of fused-ring (bicyclic) bond motifs is 1. The first-order valence-electron chi connectivity index (χ1n) is 8.88. The van der Waals surface area contributed by atoms with Crippen LogP contribution >= 0.6 is 11.3 Å². The lowest BCUT2D eigenvalue weighted by Gasteiger charge is -2.08. The van der Waals surface area contributed by atoms with Crippen molar-refractivity contribution in [3.05, 3.63) is 59.2 Å². The minimum absolute atomic E-state index is 0.735. The molecule has 0 unspecified atom stereocenters. The van der Waals surface area contributed by atoms with Gasteiger partial charge in [-0.2, -0.15) is 0 Å². The Morgan fingerprint density at radius 1 is 0.964 bits per heavy atom. The molecule has 0 radical (unpaired) electrons. The van der Waals surface area contributed by atoms with Gasteiger partial charge in [0.05, 0.1) is 30.4 Å². The molecule has 28 heavy (non-hydrogen) atoms. The third-order valence-corrected chi connectivity index (χ3v) is 5.32. The van der Waals surface area contributed by atoms with Crippen LogP contribution in [0.5, 0.6) is 11.5 Å². The third-order valence-electron chi connectivity index (χ3n) is 4.41. The molecule has 2 aromatic heterocycles. The number of nitrogens with zero attached hydrogens (tertiary/aromatic N) is 3. The van der Waals surface area contributed by atoms with Crippen molar-refractivity contribution in [1.82, 2.24) is 15.0 Å². The average molecular weight is 392 g/mol. The zero-order valence-corrected chi connectivity index (χ0v) is 16.5. The van der Waals surface area contributed by atoms with Gasteiger partial charge >= 0.3 is 0 Å². The largest absolute Gasteiger partial charge is 0.497 e. The van der Waals surface area contributed by atoms with Gasteiger partial charge in [0, 0.05) is 29.3 Å². The van der Waals surface area contributed by atoms with E-state index in [1.807, 2.05) is 42.5 Å². The SMILES string of the molecule is COc1ccc(-c2csc(CCNc3ncnc4ccc(OC)cc34)n2)cc1. The van der Waals surface area contributed by atoms with Gasteiger partial charge in [0.15, 0.2) is 0 Å². The van der Waals surface area contributed by atoms with Gasteiger partial charge in [-0.1, -0.05) is 0 Å². The predicted octanol–water partition coefficient (Wildman–Crippen LogP) is 4.43. The molecule has 6 nitrogen and oxygen atoms in total. The van der Waals surface area contributed by atoms with Crippen molar-refractivity contribution in [1.29, 1.82) is 0 Å². The number of thiazole rings is 1. The van der Waals surface area contributed by atoms with E-state index in [0.717, 1.165) is 57.5 Å². The van der Waals surface area contributed by atoms with Gasteiger partial charge in [-0.05, 0) is 42.5 Å². The van der Waals surface area contributed by atoms with E-state index in [1.165, 1.54) is 0 Å². The molecule has 0 saturated carbocycles. The van der Waals surface area contributed by atoms with Crippen LogP contribution in [-0.4, -0.2) is 35.7 Å². The molecule has 142 valence electrons. The normalized spacial score (nSPS) is 10.8. The van der Waals surface area contributed by atoms with Crippen LogP contribution in [0.2, 0.25) is 0 Å². The maximum absolute atomic E-state index is 5.31. The molecule has 2 aromatic carbocycles. The van der Waals surface area contributed by atoms with E-state index in [4.69, 9.17) is 14.5 Å². The van der Waals surface area contributed by atoms with Crippen LogP contribution in [0.3, 0.4) is 0 Å². The topological polar surface area (TPSA) is 69.2 Å². The highest BCUT2D eigenvalue weighted by Crippen LogP contribution is 2.26. The molecule has 4 rings (SSSR count). The van der Waals surface area contributed by atoms with Gasteiger partial charge in [-0.3, -0.25) is 0 Å². The van der Waals surface area contributed by atoms with Crippen molar-refractivity contribution >= 4 is 28.1 Å². The van der Waals surface area contributed by atoms with Gasteiger partial charge in [0.1, 0.15) is 23.6 Å². The Kier molecular flexibility index (Phi) is 5.34. The summed E-state index contributed by atoms with van der Waals surface area (Å²) in [5, 5.41) is 7.50. The Balaban J connectivity index is 1.43. The summed E-state index contributed by atoms with van der Waals surface area (Å²) < 4.78 is 10.5. The number of hydrogen-bond acceptors (Lipinski definition) is 7. The molecule has 0 aliphatic carbocycles. The van der Waals surface area contributed by atoms with E-state index in [9.17, 15) is 0 Å². The number of benzene rings is 2. The summed E-state index contributed by atoms with van der Waals surface area (Å²) >= 11 is 1.66. The Morgan fingerprint density at radius 3 is 2.54 bits per heavy atom. The van der Waals surface area contributed by atoms with E-state index in [0.29, 0.717) is 0 Å². The molecular weight excluding hydrogens is 372 g/mol. The minimum atomic E-state index is 0.735. The number of anilines is 1. The molecule has 0 spiro atoms. The van der Waals surface area contributed by atoms with Crippen molar-refractivity contribution in [2.45, 2.75) is 6.42 Å². The van der Waals surface area contributed by atoms with Crippen molar-refractivity contribution in [2.24, 2.45) is 0 Å². The van der Waals surface area contributed by atoms with E-state index in [1.54, 1.807) is 31.9 Å². The number of methoxy groups -OCH3 is 2. The van der Waals surface area contributed by atoms with Crippen molar-refractivity contribution in [3.8, 4) is 22.8 Å². The van der Waals surface area contributed by atoms with Crippen LogP contribution in [0.25, 0.3) is 22.2 Å². The van der Waals surface area contributed by atoms with Gasteiger partial charge in [0.25, 0.3) is 0 Å². The zero-order chi connectivity index (χ0) is 19.3. The Bertz CT molecular complexity index is 1080. The summed E-state index contributed by atoms with van der Waals surface area (Å²) in [4.78, 5) is 13.4. The first-order chi connectivity index (χ1) is 13.8. The van der Waals surface area contributed by atoms with Gasteiger partial charge in [-0.25, -0.2) is 15.0 Å². The summed E-state index contributed by atoms with van der Waals surface area (Å²) in [7, 11) is 3.32. The quantitative estimate of drug-likeness (QED) is 0.502. The summed E-state index contributed by atoms with van der Waals surface area (Å²) in [5.41, 5.74) is 2.96. The highest BCUT2D eigenvalue weighted by Gasteiger charge is 2.07. The molecule has 0 saturated heterocycles. The second-order valence-corrected chi connectivity index (χ2v) is 7.08. The van der Waals surface area contributed by atoms with E-state index >= 15 is 0 Å². The molecule has 0 bridgehead atoms. The van der Waals surface area contributed by atoms with Crippen molar-refractivity contribution in [3.63, 3.8) is 0 Å². The van der Waals surface area contributed by atoms with Crippen LogP contribution in [0, 0.1) is 0 Å². The summed E-state index contributed by atoms with van der Waals surface area (Å²) in [6.07, 6.45) is 2.39. The molecular formula is C21H20N4O2S. The molecule has 4 aromatic rings. The van der Waals surface area contributed by atoms with Crippen molar-refractivity contribution in [2.75, 3.05) is 26.1 Å². The minimum Gasteiger partial charge on any atom is -0.497 e. The number of hydrogen-bond donors (Lipinski definition) is 1. The van der Waals surface area contributed by atoms with E-state index in [-0.39, 0.29) is 0 Å². The maximum atomic E-state index is 5.31. The maximum Gasteiger partial charge on any atom is 0.137 e. The summed E-state index contributed by atoms with van der Waals surface area (Å²) in [6, 6.07) is 13.7. The van der Waals surface area contributed by atoms with Crippen LogP contribution < -0.4 is 14.8 Å². The predicted molar refractivity (Wildman–Crippen MR) is 112 cm³/mol. The Morgan fingerprint density at radius 2 is 1.75 bits per heavy atom. The molecule has 2 heterocycles. The van der Waals surface area contributed by atoms with Crippen LogP contribution in [0.1, 0.15) is 5.01 Å². The fraction of sp³-hybridized carbons (Fsp3) is 0.190. The van der Waals surface area contributed by atoms with Crippen LogP contribution in [0.4, 0.5) is 5.82 Å². The van der Waals surface area contributed by atoms with Gasteiger partial charge < -0.3 is 14.8 Å². The lowest BCUT2D eigenvalue weighted by atomic mass is 10.2. The molecule has 7 heteroatoms. The molecule has 1 N–H and O–H groups in total.